The van der Waals surface area contributed by atoms with E-state index in [0.29, 0.717) is 0 Å². The van der Waals surface area contributed by atoms with Crippen LogP contribution in [0.3, 0.4) is 0 Å². The Bertz CT molecular complexity index is 925. The molecule has 186 valence electrons. The van der Waals surface area contributed by atoms with Gasteiger partial charge in [0.25, 0.3) is 10.1 Å². The third-order valence-corrected chi connectivity index (χ3v) is 4.85. The van der Waals surface area contributed by atoms with Gasteiger partial charge in [-0.3, -0.25) is 4.55 Å². The summed E-state index contributed by atoms with van der Waals surface area (Å²) in [6.07, 6.45) is -8.43. The molecule has 3 nitrogen and oxygen atoms in total. The van der Waals surface area contributed by atoms with Crippen molar-refractivity contribution in [3.8, 4) is 0 Å². The van der Waals surface area contributed by atoms with Crippen LogP contribution in [0.2, 0.25) is 0 Å². The molecule has 0 saturated carbocycles. The monoisotopic (exact) mass is 522 g/mol. The fourth-order valence-electron chi connectivity index (χ4n) is 2.12. The maximum atomic E-state index is 13.8. The Hall–Kier alpha value is -1.85. The van der Waals surface area contributed by atoms with Crippen LogP contribution < -0.4 is 0 Å². The van der Waals surface area contributed by atoms with Crippen molar-refractivity contribution in [2.45, 2.75) is 53.3 Å². The molecule has 0 aromatic heterocycles. The molecule has 1 aromatic rings. The number of hydrogen-bond acceptors (Lipinski definition) is 2. The topological polar surface area (TPSA) is 54.4 Å². The Morgan fingerprint density at radius 1 is 0.688 bits per heavy atom. The summed E-state index contributed by atoms with van der Waals surface area (Å²) in [7, 11) is -4.94. The lowest BCUT2D eigenvalue weighted by atomic mass is 9.89. The minimum Gasteiger partial charge on any atom is -0.282 e. The molecular formula is C14H8F14O3S. The van der Waals surface area contributed by atoms with Gasteiger partial charge in [0.15, 0.2) is 0 Å². The summed E-state index contributed by atoms with van der Waals surface area (Å²) in [6, 6.07) is 0.984. The minimum absolute atomic E-state index is 0.211. The molecule has 1 N–H and O–H groups in total. The Morgan fingerprint density at radius 2 is 1.06 bits per heavy atom. The van der Waals surface area contributed by atoms with E-state index in [1.165, 1.54) is 0 Å². The third kappa shape index (κ3) is 4.22. The smallest absolute Gasteiger partial charge is 0.282 e. The maximum absolute atomic E-state index is 13.8. The van der Waals surface area contributed by atoms with Crippen LogP contribution in [0, 0.1) is 0 Å². The SMILES string of the molecule is O=S(=O)(O)c1ccc(CC(F)(F)C(F)(F)C(F)(F)C(F)(F)C(F)(F)C(F)(F)C(F)F)cc1. The molecule has 0 bridgehead atoms. The van der Waals surface area contributed by atoms with Crippen molar-refractivity contribution >= 4 is 10.1 Å². The van der Waals surface area contributed by atoms with Crippen LogP contribution in [0.25, 0.3) is 0 Å². The summed E-state index contributed by atoms with van der Waals surface area (Å²) in [5.41, 5.74) is -1.19. The van der Waals surface area contributed by atoms with Gasteiger partial charge in [0, 0.05) is 6.42 Å². The highest BCUT2D eigenvalue weighted by molar-refractivity contribution is 7.85. The zero-order chi connectivity index (χ0) is 25.8. The summed E-state index contributed by atoms with van der Waals surface area (Å²) in [6.45, 7) is 0. The van der Waals surface area contributed by atoms with E-state index in [-0.39, 0.29) is 24.3 Å². The Morgan fingerprint density at radius 3 is 1.41 bits per heavy atom. The van der Waals surface area contributed by atoms with Gasteiger partial charge in [0.05, 0.1) is 4.90 Å². The van der Waals surface area contributed by atoms with E-state index in [2.05, 4.69) is 0 Å². The molecule has 0 unspecified atom stereocenters. The first-order valence-corrected chi connectivity index (χ1v) is 8.93. The van der Waals surface area contributed by atoms with Gasteiger partial charge in [0.2, 0.25) is 0 Å². The van der Waals surface area contributed by atoms with E-state index in [4.69, 9.17) is 4.55 Å². The Labute approximate surface area is 168 Å². The molecular weight excluding hydrogens is 514 g/mol. The number of alkyl halides is 14. The number of hydrogen-bond donors (Lipinski definition) is 1. The molecule has 0 atom stereocenters. The number of benzene rings is 1. The lowest BCUT2D eigenvalue weighted by Gasteiger charge is -2.41. The molecule has 1 aromatic carbocycles. The van der Waals surface area contributed by atoms with E-state index in [0.717, 1.165) is 0 Å². The molecule has 1 rings (SSSR count). The first kappa shape index (κ1) is 28.2. The lowest BCUT2D eigenvalue weighted by Crippen LogP contribution is -2.71. The Kier molecular flexibility index (Phi) is 6.94. The molecule has 0 radical (unpaired) electrons. The second-order valence-electron chi connectivity index (χ2n) is 6.22. The van der Waals surface area contributed by atoms with Gasteiger partial charge in [-0.25, -0.2) is 8.78 Å². The minimum atomic E-state index is -8.11. The largest absolute Gasteiger partial charge is 0.384 e. The van der Waals surface area contributed by atoms with Gasteiger partial charge < -0.3 is 0 Å². The van der Waals surface area contributed by atoms with E-state index < -0.39 is 69.0 Å². The van der Waals surface area contributed by atoms with Gasteiger partial charge >= 0.3 is 42.0 Å². The Balaban J connectivity index is 3.44. The molecule has 0 heterocycles. The van der Waals surface area contributed by atoms with Crippen molar-refractivity contribution in [2.75, 3.05) is 0 Å². The zero-order valence-electron chi connectivity index (χ0n) is 14.6. The van der Waals surface area contributed by atoms with Crippen LogP contribution in [0.5, 0.6) is 0 Å². The predicted octanol–water partition coefficient (Wildman–Crippen LogP) is 5.55. The first-order valence-electron chi connectivity index (χ1n) is 7.49. The van der Waals surface area contributed by atoms with Crippen LogP contribution >= 0.6 is 0 Å². The van der Waals surface area contributed by atoms with Gasteiger partial charge in [-0.05, 0) is 17.7 Å². The quantitative estimate of drug-likeness (QED) is 0.342. The van der Waals surface area contributed by atoms with Crippen LogP contribution in [0.1, 0.15) is 5.56 Å². The maximum Gasteiger partial charge on any atom is 0.384 e. The van der Waals surface area contributed by atoms with Gasteiger partial charge in [0.1, 0.15) is 0 Å². The summed E-state index contributed by atoms with van der Waals surface area (Å²) in [4.78, 5) is -1.01. The third-order valence-electron chi connectivity index (χ3n) is 3.98. The highest BCUT2D eigenvalue weighted by Crippen LogP contribution is 2.61. The lowest BCUT2D eigenvalue weighted by molar-refractivity contribution is -0.432. The average Bonchev–Trinajstić information content (AvgIpc) is 2.60. The molecule has 0 aliphatic heterocycles. The van der Waals surface area contributed by atoms with E-state index >= 15 is 0 Å². The van der Waals surface area contributed by atoms with E-state index in [1.54, 1.807) is 0 Å². The summed E-state index contributed by atoms with van der Waals surface area (Å²) in [5.74, 6) is -45.3. The second-order valence-corrected chi connectivity index (χ2v) is 7.64. The van der Waals surface area contributed by atoms with Crippen molar-refractivity contribution in [3.05, 3.63) is 29.8 Å². The van der Waals surface area contributed by atoms with E-state index in [1.807, 2.05) is 0 Å². The van der Waals surface area contributed by atoms with Gasteiger partial charge in [-0.2, -0.15) is 61.1 Å². The van der Waals surface area contributed by atoms with Crippen molar-refractivity contribution in [1.82, 2.24) is 0 Å². The fourth-order valence-corrected chi connectivity index (χ4v) is 2.60. The van der Waals surface area contributed by atoms with Crippen molar-refractivity contribution in [3.63, 3.8) is 0 Å². The summed E-state index contributed by atoms with van der Waals surface area (Å²) in [5, 5.41) is 0. The molecule has 0 saturated heterocycles. The molecule has 32 heavy (non-hydrogen) atoms. The number of halogens is 14. The normalized spacial score (nSPS) is 15.4. The summed E-state index contributed by atoms with van der Waals surface area (Å²) < 4.78 is 214. The van der Waals surface area contributed by atoms with Gasteiger partial charge in [-0.15, -0.1) is 0 Å². The molecule has 0 amide bonds. The van der Waals surface area contributed by atoms with E-state index in [9.17, 15) is 69.9 Å². The summed E-state index contributed by atoms with van der Waals surface area (Å²) >= 11 is 0. The van der Waals surface area contributed by atoms with Crippen LogP contribution in [0.4, 0.5) is 61.5 Å². The molecule has 0 aliphatic rings. The van der Waals surface area contributed by atoms with Crippen LogP contribution in [0.15, 0.2) is 29.2 Å². The standard InChI is InChI=1S/C14H8F14O3S/c15-8(16)10(19,20)12(23,24)14(27,28)13(25,26)11(21,22)9(17,18)5-6-1-3-7(4-2-6)32(29,30)31/h1-4,8H,5H2,(H,29,30,31). The van der Waals surface area contributed by atoms with Gasteiger partial charge in [-0.1, -0.05) is 12.1 Å². The molecule has 0 aliphatic carbocycles. The zero-order valence-corrected chi connectivity index (χ0v) is 15.4. The van der Waals surface area contributed by atoms with Crippen LogP contribution in [-0.4, -0.2) is 54.9 Å². The van der Waals surface area contributed by atoms with Crippen molar-refractivity contribution < 1.29 is 74.4 Å². The predicted molar refractivity (Wildman–Crippen MR) is 75.6 cm³/mol. The molecule has 18 heteroatoms. The number of rotatable bonds is 9. The van der Waals surface area contributed by atoms with Crippen molar-refractivity contribution in [1.29, 1.82) is 0 Å². The highest BCUT2D eigenvalue weighted by atomic mass is 32.2. The second kappa shape index (κ2) is 7.88. The average molecular weight is 522 g/mol. The molecule has 0 spiro atoms. The van der Waals surface area contributed by atoms with Crippen LogP contribution in [-0.2, 0) is 16.5 Å². The van der Waals surface area contributed by atoms with Crippen molar-refractivity contribution in [2.24, 2.45) is 0 Å². The fraction of sp³-hybridized carbons (Fsp3) is 0.571. The first-order chi connectivity index (χ1) is 13.9. The molecule has 0 fully saturated rings. The highest BCUT2D eigenvalue weighted by Gasteiger charge is 2.91.